The topological polar surface area (TPSA) is 85.3 Å². The highest BCUT2D eigenvalue weighted by molar-refractivity contribution is 6.46. The van der Waals surface area contributed by atoms with Crippen LogP contribution in [0.5, 0.6) is 11.5 Å². The smallest absolute Gasteiger partial charge is 0.295 e. The van der Waals surface area contributed by atoms with Crippen LogP contribution in [-0.4, -0.2) is 49.1 Å². The zero-order valence-electron chi connectivity index (χ0n) is 22.4. The van der Waals surface area contributed by atoms with E-state index in [9.17, 15) is 19.1 Å². The number of benzene rings is 3. The second-order valence-electron chi connectivity index (χ2n) is 9.58. The van der Waals surface area contributed by atoms with Crippen molar-refractivity contribution in [2.75, 3.05) is 27.4 Å². The van der Waals surface area contributed by atoms with Gasteiger partial charge in [0.1, 0.15) is 29.7 Å². The molecule has 1 atom stereocenters. The number of ether oxygens (including phenoxy) is 3. The molecule has 1 heterocycles. The van der Waals surface area contributed by atoms with Crippen molar-refractivity contribution in [2.45, 2.75) is 32.4 Å². The number of halogens is 1. The van der Waals surface area contributed by atoms with Crippen molar-refractivity contribution in [1.82, 2.24) is 4.90 Å². The maximum Gasteiger partial charge on any atom is 0.295 e. The summed E-state index contributed by atoms with van der Waals surface area (Å²) in [5, 5.41) is 11.4. The first-order chi connectivity index (χ1) is 18.7. The van der Waals surface area contributed by atoms with Gasteiger partial charge in [-0.3, -0.25) is 9.59 Å². The van der Waals surface area contributed by atoms with Gasteiger partial charge in [0.15, 0.2) is 0 Å². The van der Waals surface area contributed by atoms with Gasteiger partial charge >= 0.3 is 0 Å². The number of aliphatic hydroxyl groups excluding tert-OH is 1. The van der Waals surface area contributed by atoms with Gasteiger partial charge in [0.05, 0.1) is 25.3 Å². The van der Waals surface area contributed by atoms with Crippen LogP contribution in [0.3, 0.4) is 0 Å². The summed E-state index contributed by atoms with van der Waals surface area (Å²) in [5.41, 5.74) is 2.76. The fourth-order valence-corrected chi connectivity index (χ4v) is 4.63. The lowest BCUT2D eigenvalue weighted by atomic mass is 9.93. The van der Waals surface area contributed by atoms with Crippen molar-refractivity contribution in [2.24, 2.45) is 0 Å². The third-order valence-electron chi connectivity index (χ3n) is 6.72. The average molecular weight is 534 g/mol. The zero-order chi connectivity index (χ0) is 28.1. The largest absolute Gasteiger partial charge is 0.507 e. The number of ketones is 1. The Balaban J connectivity index is 1.70. The summed E-state index contributed by atoms with van der Waals surface area (Å²) in [5.74, 6) is -0.679. The molecule has 3 aromatic carbocycles. The van der Waals surface area contributed by atoms with E-state index in [2.05, 4.69) is 0 Å². The molecule has 4 rings (SSSR count). The van der Waals surface area contributed by atoms with Crippen molar-refractivity contribution < 1.29 is 33.3 Å². The third-order valence-corrected chi connectivity index (χ3v) is 6.72. The second-order valence-corrected chi connectivity index (χ2v) is 9.58. The SMILES string of the molecule is COCCN1C(=O)C(=O)/C(=C(\O)c2ccc(OC)c(C(C)C)c2)C1c1ccc(OCc2ccc(F)cc2)cc1. The number of amides is 1. The fraction of sp³-hybridized carbons (Fsp3) is 0.290. The number of likely N-dealkylation sites (tertiary alicyclic amines) is 1. The van der Waals surface area contributed by atoms with E-state index >= 15 is 0 Å². The number of nitrogens with zero attached hydrogens (tertiary/aromatic N) is 1. The Morgan fingerprint density at radius 1 is 1.00 bits per heavy atom. The maximum absolute atomic E-state index is 13.2. The molecule has 0 radical (unpaired) electrons. The normalized spacial score (nSPS) is 16.7. The van der Waals surface area contributed by atoms with Gasteiger partial charge in [0.25, 0.3) is 11.7 Å². The molecule has 0 bridgehead atoms. The van der Waals surface area contributed by atoms with Crippen LogP contribution in [0.15, 0.2) is 72.3 Å². The van der Waals surface area contributed by atoms with Crippen molar-refractivity contribution in [1.29, 1.82) is 0 Å². The summed E-state index contributed by atoms with van der Waals surface area (Å²) in [6, 6.07) is 17.4. The van der Waals surface area contributed by atoms with Crippen LogP contribution in [0.1, 0.15) is 48.1 Å². The first-order valence-corrected chi connectivity index (χ1v) is 12.7. The minimum atomic E-state index is -0.809. The van der Waals surface area contributed by atoms with Crippen LogP contribution in [0.4, 0.5) is 4.39 Å². The number of methoxy groups -OCH3 is 2. The van der Waals surface area contributed by atoms with Crippen molar-refractivity contribution >= 4 is 17.4 Å². The molecule has 1 aliphatic rings. The zero-order valence-corrected chi connectivity index (χ0v) is 22.4. The van der Waals surface area contributed by atoms with Crippen LogP contribution < -0.4 is 9.47 Å². The first kappa shape index (κ1) is 27.9. The highest BCUT2D eigenvalue weighted by Gasteiger charge is 2.46. The molecule has 39 heavy (non-hydrogen) atoms. The third kappa shape index (κ3) is 5.96. The van der Waals surface area contributed by atoms with E-state index in [1.54, 1.807) is 61.7 Å². The predicted octanol–water partition coefficient (Wildman–Crippen LogP) is 5.60. The van der Waals surface area contributed by atoms with Crippen LogP contribution in [-0.2, 0) is 20.9 Å². The number of hydrogen-bond acceptors (Lipinski definition) is 6. The lowest BCUT2D eigenvalue weighted by molar-refractivity contribution is -0.140. The first-order valence-electron chi connectivity index (χ1n) is 12.7. The highest BCUT2D eigenvalue weighted by atomic mass is 19.1. The number of hydrogen-bond donors (Lipinski definition) is 1. The van der Waals surface area contributed by atoms with E-state index in [-0.39, 0.29) is 42.8 Å². The Morgan fingerprint density at radius 3 is 2.31 bits per heavy atom. The highest BCUT2D eigenvalue weighted by Crippen LogP contribution is 2.40. The summed E-state index contributed by atoms with van der Waals surface area (Å²) in [6.45, 7) is 4.66. The van der Waals surface area contributed by atoms with Gasteiger partial charge in [-0.25, -0.2) is 4.39 Å². The van der Waals surface area contributed by atoms with Gasteiger partial charge in [-0.15, -0.1) is 0 Å². The van der Waals surface area contributed by atoms with E-state index in [1.807, 2.05) is 13.8 Å². The minimum absolute atomic E-state index is 0.0101. The summed E-state index contributed by atoms with van der Waals surface area (Å²) >= 11 is 0. The summed E-state index contributed by atoms with van der Waals surface area (Å²) in [7, 11) is 3.10. The van der Waals surface area contributed by atoms with Crippen molar-refractivity contribution in [3.8, 4) is 11.5 Å². The summed E-state index contributed by atoms with van der Waals surface area (Å²) in [6.07, 6.45) is 0. The Labute approximate surface area is 227 Å². The molecule has 3 aromatic rings. The lowest BCUT2D eigenvalue weighted by Gasteiger charge is -2.25. The van der Waals surface area contributed by atoms with E-state index < -0.39 is 17.7 Å². The molecule has 0 aliphatic carbocycles. The Kier molecular flexibility index (Phi) is 8.66. The van der Waals surface area contributed by atoms with Crippen LogP contribution in [0, 0.1) is 5.82 Å². The Morgan fingerprint density at radius 2 is 1.69 bits per heavy atom. The van der Waals surface area contributed by atoms with E-state index in [1.165, 1.54) is 24.1 Å². The predicted molar refractivity (Wildman–Crippen MR) is 145 cm³/mol. The monoisotopic (exact) mass is 533 g/mol. The summed E-state index contributed by atoms with van der Waals surface area (Å²) < 4.78 is 29.6. The maximum atomic E-state index is 13.2. The second kappa shape index (κ2) is 12.1. The van der Waals surface area contributed by atoms with Gasteiger partial charge in [-0.05, 0) is 65.1 Å². The molecule has 1 aliphatic heterocycles. The van der Waals surface area contributed by atoms with Crippen molar-refractivity contribution in [3.63, 3.8) is 0 Å². The standard InChI is InChI=1S/C31H32FNO6/c1-19(2)25-17-22(9-14-26(25)38-4)29(34)27-28(33(15-16-37-3)31(36)30(27)35)21-7-12-24(13-8-21)39-18-20-5-10-23(32)11-6-20/h5-14,17,19,28,34H,15-16,18H2,1-4H3/b29-27-. The van der Waals surface area contributed by atoms with E-state index in [4.69, 9.17) is 14.2 Å². The minimum Gasteiger partial charge on any atom is -0.507 e. The van der Waals surface area contributed by atoms with Gasteiger partial charge in [0, 0.05) is 19.2 Å². The molecule has 1 N–H and O–H groups in total. The van der Waals surface area contributed by atoms with E-state index in [0.717, 1.165) is 11.1 Å². The number of carbonyl (C=O) groups excluding carboxylic acids is 2. The lowest BCUT2D eigenvalue weighted by Crippen LogP contribution is -2.32. The number of carbonyl (C=O) groups is 2. The van der Waals surface area contributed by atoms with Gasteiger partial charge < -0.3 is 24.2 Å². The Hall–Kier alpha value is -4.17. The van der Waals surface area contributed by atoms with Gasteiger partial charge in [0.2, 0.25) is 0 Å². The molecular weight excluding hydrogens is 501 g/mol. The van der Waals surface area contributed by atoms with Gasteiger partial charge in [-0.2, -0.15) is 0 Å². The molecule has 1 fully saturated rings. The van der Waals surface area contributed by atoms with Crippen LogP contribution in [0.2, 0.25) is 0 Å². The molecule has 204 valence electrons. The van der Waals surface area contributed by atoms with Crippen LogP contribution >= 0.6 is 0 Å². The molecule has 1 unspecified atom stereocenters. The van der Waals surface area contributed by atoms with Crippen LogP contribution in [0.25, 0.3) is 5.76 Å². The molecule has 0 saturated carbocycles. The molecule has 8 heteroatoms. The molecule has 1 amide bonds. The number of aliphatic hydroxyl groups is 1. The van der Waals surface area contributed by atoms with Gasteiger partial charge in [-0.1, -0.05) is 38.1 Å². The number of rotatable bonds is 10. The molecular formula is C31H32FNO6. The fourth-order valence-electron chi connectivity index (χ4n) is 4.63. The number of Topliss-reactive ketones (excluding diaryl/α,β-unsaturated/α-hetero) is 1. The molecule has 0 spiro atoms. The average Bonchev–Trinajstić information content (AvgIpc) is 3.20. The molecule has 1 saturated heterocycles. The quantitative estimate of drug-likeness (QED) is 0.207. The van der Waals surface area contributed by atoms with Crippen molar-refractivity contribution in [3.05, 3.63) is 100 Å². The van der Waals surface area contributed by atoms with E-state index in [0.29, 0.717) is 22.6 Å². The Bertz CT molecular complexity index is 1360. The molecule has 7 nitrogen and oxygen atoms in total. The molecule has 0 aromatic heterocycles. The summed E-state index contributed by atoms with van der Waals surface area (Å²) in [4.78, 5) is 27.7.